The summed E-state index contributed by atoms with van der Waals surface area (Å²) in [6.07, 6.45) is 1.55. The summed E-state index contributed by atoms with van der Waals surface area (Å²) in [5.41, 5.74) is 2.93. The first kappa shape index (κ1) is 13.3. The van der Waals surface area contributed by atoms with Crippen LogP contribution in [0.1, 0.15) is 5.56 Å². The van der Waals surface area contributed by atoms with Crippen LogP contribution >= 0.6 is 27.5 Å². The van der Waals surface area contributed by atoms with Crippen LogP contribution in [0, 0.1) is 6.92 Å². The van der Waals surface area contributed by atoms with Gasteiger partial charge in [0.05, 0.1) is 5.69 Å². The maximum absolute atomic E-state index is 6.18. The van der Waals surface area contributed by atoms with E-state index in [1.165, 1.54) is 0 Å². The van der Waals surface area contributed by atoms with E-state index in [1.807, 2.05) is 54.1 Å². The first-order chi connectivity index (χ1) is 9.66. The second-order valence-corrected chi connectivity index (χ2v) is 5.71. The van der Waals surface area contributed by atoms with Crippen molar-refractivity contribution in [2.45, 2.75) is 6.92 Å². The van der Waals surface area contributed by atoms with E-state index in [0.717, 1.165) is 32.1 Å². The molecule has 0 amide bonds. The lowest BCUT2D eigenvalue weighted by atomic mass is 10.2. The lowest BCUT2D eigenvalue weighted by Gasteiger charge is -2.10. The van der Waals surface area contributed by atoms with Crippen molar-refractivity contribution < 1.29 is 0 Å². The van der Waals surface area contributed by atoms with Crippen molar-refractivity contribution in [1.82, 2.24) is 14.8 Å². The topological polar surface area (TPSA) is 30.7 Å². The standard InChI is InChI=1S/C15H11BrClN3/c1-10-13(17)3-2-4-14(10)20-15(18-9-19-20)11-5-7-12(16)8-6-11/h2-9H,1H3. The lowest BCUT2D eigenvalue weighted by Crippen LogP contribution is -2.02. The van der Waals surface area contributed by atoms with Gasteiger partial charge in [-0.3, -0.25) is 0 Å². The Morgan fingerprint density at radius 1 is 1.10 bits per heavy atom. The molecule has 0 aliphatic carbocycles. The maximum atomic E-state index is 6.18. The zero-order valence-corrected chi connectivity index (χ0v) is 13.1. The van der Waals surface area contributed by atoms with Gasteiger partial charge in [0.25, 0.3) is 0 Å². The molecule has 0 fully saturated rings. The normalized spacial score (nSPS) is 10.8. The molecule has 0 saturated heterocycles. The van der Waals surface area contributed by atoms with Crippen LogP contribution in [0.4, 0.5) is 0 Å². The van der Waals surface area contributed by atoms with Crippen LogP contribution < -0.4 is 0 Å². The number of hydrogen-bond acceptors (Lipinski definition) is 2. The van der Waals surface area contributed by atoms with Gasteiger partial charge in [-0.15, -0.1) is 0 Å². The third kappa shape index (κ3) is 2.37. The molecule has 0 aliphatic rings. The average Bonchev–Trinajstić information content (AvgIpc) is 2.92. The van der Waals surface area contributed by atoms with E-state index in [1.54, 1.807) is 6.33 Å². The van der Waals surface area contributed by atoms with Crippen LogP contribution in [0.15, 0.2) is 53.3 Å². The van der Waals surface area contributed by atoms with Gasteiger partial charge < -0.3 is 0 Å². The molecule has 3 rings (SSSR count). The highest BCUT2D eigenvalue weighted by molar-refractivity contribution is 9.10. The third-order valence-corrected chi connectivity index (χ3v) is 4.06. The quantitative estimate of drug-likeness (QED) is 0.674. The third-order valence-electron chi connectivity index (χ3n) is 3.12. The fourth-order valence-corrected chi connectivity index (χ4v) is 2.47. The summed E-state index contributed by atoms with van der Waals surface area (Å²) < 4.78 is 2.84. The Kier molecular flexibility index (Phi) is 3.59. The van der Waals surface area contributed by atoms with Crippen LogP contribution in [-0.2, 0) is 0 Å². The molecule has 0 aliphatic heterocycles. The first-order valence-electron chi connectivity index (χ1n) is 6.08. The highest BCUT2D eigenvalue weighted by Crippen LogP contribution is 2.26. The SMILES string of the molecule is Cc1c(Cl)cccc1-n1ncnc1-c1ccc(Br)cc1. The molecule has 0 radical (unpaired) electrons. The summed E-state index contributed by atoms with van der Waals surface area (Å²) in [5.74, 6) is 0.794. The van der Waals surface area contributed by atoms with Crippen LogP contribution in [0.2, 0.25) is 5.02 Å². The van der Waals surface area contributed by atoms with Crippen molar-refractivity contribution in [3.8, 4) is 17.1 Å². The molecule has 1 heterocycles. The molecule has 0 saturated carbocycles. The summed E-state index contributed by atoms with van der Waals surface area (Å²) in [6, 6.07) is 13.7. The number of rotatable bonds is 2. The van der Waals surface area contributed by atoms with E-state index in [4.69, 9.17) is 11.6 Å². The van der Waals surface area contributed by atoms with Gasteiger partial charge in [0, 0.05) is 15.1 Å². The van der Waals surface area contributed by atoms with Gasteiger partial charge in [0.1, 0.15) is 6.33 Å². The molecule has 20 heavy (non-hydrogen) atoms. The van der Waals surface area contributed by atoms with E-state index in [2.05, 4.69) is 26.0 Å². The van der Waals surface area contributed by atoms with Gasteiger partial charge in [0.2, 0.25) is 0 Å². The Hall–Kier alpha value is -1.65. The van der Waals surface area contributed by atoms with Gasteiger partial charge in [-0.1, -0.05) is 45.7 Å². The summed E-state index contributed by atoms with van der Waals surface area (Å²) in [7, 11) is 0. The van der Waals surface area contributed by atoms with E-state index in [9.17, 15) is 0 Å². The average molecular weight is 349 g/mol. The molecule has 0 unspecified atom stereocenters. The second kappa shape index (κ2) is 5.38. The van der Waals surface area contributed by atoms with Gasteiger partial charge >= 0.3 is 0 Å². The summed E-state index contributed by atoms with van der Waals surface area (Å²) >= 11 is 9.62. The van der Waals surface area contributed by atoms with E-state index < -0.39 is 0 Å². The van der Waals surface area contributed by atoms with Crippen molar-refractivity contribution in [3.05, 3.63) is 63.9 Å². The number of benzene rings is 2. The van der Waals surface area contributed by atoms with Gasteiger partial charge in [-0.25, -0.2) is 9.67 Å². The fraction of sp³-hybridized carbons (Fsp3) is 0.0667. The highest BCUT2D eigenvalue weighted by atomic mass is 79.9. The molecule has 3 aromatic rings. The van der Waals surface area contributed by atoms with E-state index in [-0.39, 0.29) is 0 Å². The molecular formula is C15H11BrClN3. The Bertz CT molecular complexity index is 750. The van der Waals surface area contributed by atoms with Crippen LogP contribution in [-0.4, -0.2) is 14.8 Å². The number of nitrogens with zero attached hydrogens (tertiary/aromatic N) is 3. The van der Waals surface area contributed by atoms with E-state index in [0.29, 0.717) is 0 Å². The summed E-state index contributed by atoms with van der Waals surface area (Å²) in [4.78, 5) is 4.36. The summed E-state index contributed by atoms with van der Waals surface area (Å²) in [5, 5.41) is 5.04. The number of aromatic nitrogens is 3. The lowest BCUT2D eigenvalue weighted by molar-refractivity contribution is 0.879. The minimum absolute atomic E-state index is 0.722. The first-order valence-corrected chi connectivity index (χ1v) is 7.25. The highest BCUT2D eigenvalue weighted by Gasteiger charge is 2.12. The van der Waals surface area contributed by atoms with Gasteiger partial charge in [0.15, 0.2) is 5.82 Å². The molecule has 0 spiro atoms. The molecule has 0 atom stereocenters. The smallest absolute Gasteiger partial charge is 0.163 e. The molecular weight excluding hydrogens is 338 g/mol. The molecule has 2 aromatic carbocycles. The zero-order chi connectivity index (χ0) is 14.1. The second-order valence-electron chi connectivity index (χ2n) is 4.39. The van der Waals surface area contributed by atoms with Crippen molar-refractivity contribution in [2.24, 2.45) is 0 Å². The van der Waals surface area contributed by atoms with Crippen LogP contribution in [0.5, 0.6) is 0 Å². The van der Waals surface area contributed by atoms with Gasteiger partial charge in [-0.05, 0) is 36.8 Å². The fourth-order valence-electron chi connectivity index (χ4n) is 2.04. The Balaban J connectivity index is 2.15. The monoisotopic (exact) mass is 347 g/mol. The minimum Gasteiger partial charge on any atom is -0.215 e. The molecule has 1 aromatic heterocycles. The summed E-state index contributed by atoms with van der Waals surface area (Å²) in [6.45, 7) is 1.98. The Morgan fingerprint density at radius 3 is 2.60 bits per heavy atom. The van der Waals surface area contributed by atoms with Crippen molar-refractivity contribution in [2.75, 3.05) is 0 Å². The minimum atomic E-state index is 0.722. The van der Waals surface area contributed by atoms with Crippen LogP contribution in [0.25, 0.3) is 17.1 Å². The van der Waals surface area contributed by atoms with Crippen molar-refractivity contribution in [1.29, 1.82) is 0 Å². The van der Waals surface area contributed by atoms with Crippen molar-refractivity contribution >= 4 is 27.5 Å². The predicted octanol–water partition coefficient (Wildman–Crippen LogP) is 4.66. The molecule has 5 heteroatoms. The number of halogens is 2. The largest absolute Gasteiger partial charge is 0.215 e. The van der Waals surface area contributed by atoms with Crippen LogP contribution in [0.3, 0.4) is 0 Å². The van der Waals surface area contributed by atoms with E-state index >= 15 is 0 Å². The molecule has 3 nitrogen and oxygen atoms in total. The Morgan fingerprint density at radius 2 is 1.85 bits per heavy atom. The van der Waals surface area contributed by atoms with Gasteiger partial charge in [-0.2, -0.15) is 5.10 Å². The number of hydrogen-bond donors (Lipinski definition) is 0. The molecule has 0 N–H and O–H groups in total. The van der Waals surface area contributed by atoms with Crippen molar-refractivity contribution in [3.63, 3.8) is 0 Å². The predicted molar refractivity (Wildman–Crippen MR) is 84.2 cm³/mol. The zero-order valence-electron chi connectivity index (χ0n) is 10.7. The molecule has 0 bridgehead atoms. The maximum Gasteiger partial charge on any atom is 0.163 e. The molecule has 100 valence electrons. The Labute approximate surface area is 130 Å².